The molecule has 0 radical (unpaired) electrons. The van der Waals surface area contributed by atoms with E-state index in [4.69, 9.17) is 5.73 Å². The van der Waals surface area contributed by atoms with Crippen LogP contribution in [-0.4, -0.2) is 15.0 Å². The lowest BCUT2D eigenvalue weighted by atomic mass is 10.1. The number of nitrogens with zero attached hydrogens (tertiary/aromatic N) is 3. The molecule has 0 aliphatic heterocycles. The molecule has 0 unspecified atom stereocenters. The third kappa shape index (κ3) is 1.74. The fourth-order valence-corrected chi connectivity index (χ4v) is 1.47. The predicted octanol–water partition coefficient (Wildman–Crippen LogP) is 2.05. The third-order valence-electron chi connectivity index (χ3n) is 2.71. The minimum Gasteiger partial charge on any atom is -0.383 e. The van der Waals surface area contributed by atoms with Crippen LogP contribution in [0.25, 0.3) is 11.4 Å². The molecule has 0 saturated heterocycles. The van der Waals surface area contributed by atoms with Crippen molar-refractivity contribution in [1.82, 2.24) is 15.0 Å². The summed E-state index contributed by atoms with van der Waals surface area (Å²) in [5.41, 5.74) is 9.70. The van der Waals surface area contributed by atoms with E-state index in [1.54, 1.807) is 12.4 Å². The number of aryl methyl sites for hydroxylation is 2. The number of nitrogens with two attached hydrogens (primary N) is 1. The summed E-state index contributed by atoms with van der Waals surface area (Å²) in [5, 5.41) is 0. The molecule has 0 spiro atoms. The van der Waals surface area contributed by atoms with Gasteiger partial charge in [-0.05, 0) is 32.4 Å². The number of nitrogen functional groups attached to an aromatic ring is 1. The van der Waals surface area contributed by atoms with Crippen molar-refractivity contribution in [3.63, 3.8) is 0 Å². The Balaban J connectivity index is 2.62. The van der Waals surface area contributed by atoms with E-state index >= 15 is 0 Å². The van der Waals surface area contributed by atoms with Crippen LogP contribution < -0.4 is 5.73 Å². The molecular formula is C12H14N4. The molecule has 0 atom stereocenters. The summed E-state index contributed by atoms with van der Waals surface area (Å²) in [4.78, 5) is 12.8. The van der Waals surface area contributed by atoms with Crippen LogP contribution in [0.3, 0.4) is 0 Å². The molecule has 2 N–H and O–H groups in total. The Morgan fingerprint density at radius 3 is 2.50 bits per heavy atom. The summed E-state index contributed by atoms with van der Waals surface area (Å²) in [7, 11) is 0. The third-order valence-corrected chi connectivity index (χ3v) is 2.71. The average Bonchev–Trinajstić information content (AvgIpc) is 2.26. The van der Waals surface area contributed by atoms with Crippen molar-refractivity contribution in [3.05, 3.63) is 35.3 Å². The Morgan fingerprint density at radius 1 is 1.12 bits per heavy atom. The van der Waals surface area contributed by atoms with Crippen LogP contribution in [0, 0.1) is 20.8 Å². The molecule has 0 aliphatic rings. The number of hydrogen-bond acceptors (Lipinski definition) is 4. The van der Waals surface area contributed by atoms with Gasteiger partial charge >= 0.3 is 0 Å². The van der Waals surface area contributed by atoms with Gasteiger partial charge in [0.1, 0.15) is 5.82 Å². The first kappa shape index (κ1) is 10.5. The van der Waals surface area contributed by atoms with Crippen molar-refractivity contribution in [2.75, 3.05) is 5.73 Å². The first-order valence-corrected chi connectivity index (χ1v) is 5.11. The van der Waals surface area contributed by atoms with Crippen molar-refractivity contribution in [1.29, 1.82) is 0 Å². The van der Waals surface area contributed by atoms with Crippen molar-refractivity contribution in [2.45, 2.75) is 20.8 Å². The molecule has 0 fully saturated rings. The van der Waals surface area contributed by atoms with Gasteiger partial charge in [-0.25, -0.2) is 9.97 Å². The molecule has 2 rings (SSSR count). The Labute approximate surface area is 94.6 Å². The van der Waals surface area contributed by atoms with Crippen LogP contribution in [0.4, 0.5) is 5.82 Å². The number of rotatable bonds is 1. The number of pyridine rings is 1. The lowest BCUT2D eigenvalue weighted by molar-refractivity contribution is 1.07. The minimum atomic E-state index is 0.533. The van der Waals surface area contributed by atoms with Crippen LogP contribution in [0.15, 0.2) is 18.5 Å². The summed E-state index contributed by atoms with van der Waals surface area (Å²) in [5.74, 6) is 1.18. The molecule has 82 valence electrons. The minimum absolute atomic E-state index is 0.533. The van der Waals surface area contributed by atoms with E-state index in [9.17, 15) is 0 Å². The number of hydrogen-bond donors (Lipinski definition) is 1. The second-order valence-electron chi connectivity index (χ2n) is 3.83. The summed E-state index contributed by atoms with van der Waals surface area (Å²) in [6.07, 6.45) is 3.52. The molecule has 2 aromatic rings. The van der Waals surface area contributed by atoms with Gasteiger partial charge in [0.2, 0.25) is 0 Å². The van der Waals surface area contributed by atoms with Gasteiger partial charge in [0.15, 0.2) is 5.82 Å². The first-order valence-electron chi connectivity index (χ1n) is 5.11. The predicted molar refractivity (Wildman–Crippen MR) is 63.9 cm³/mol. The Hall–Kier alpha value is -1.97. The van der Waals surface area contributed by atoms with E-state index in [0.717, 1.165) is 22.4 Å². The lowest BCUT2D eigenvalue weighted by Crippen LogP contribution is -2.02. The van der Waals surface area contributed by atoms with Gasteiger partial charge in [-0.2, -0.15) is 0 Å². The van der Waals surface area contributed by atoms with Crippen molar-refractivity contribution in [3.8, 4) is 11.4 Å². The van der Waals surface area contributed by atoms with Crippen LogP contribution in [-0.2, 0) is 0 Å². The largest absolute Gasteiger partial charge is 0.383 e. The Morgan fingerprint density at radius 2 is 1.88 bits per heavy atom. The van der Waals surface area contributed by atoms with Gasteiger partial charge < -0.3 is 5.73 Å². The maximum absolute atomic E-state index is 5.84. The first-order chi connectivity index (χ1) is 7.59. The van der Waals surface area contributed by atoms with Crippen LogP contribution in [0.2, 0.25) is 0 Å². The van der Waals surface area contributed by atoms with Crippen molar-refractivity contribution in [2.24, 2.45) is 0 Å². The molecule has 0 bridgehead atoms. The highest BCUT2D eigenvalue weighted by Gasteiger charge is 2.09. The Bertz CT molecular complexity index is 511. The zero-order chi connectivity index (χ0) is 11.7. The molecule has 2 heterocycles. The summed E-state index contributed by atoms with van der Waals surface area (Å²) in [6.45, 7) is 5.86. The van der Waals surface area contributed by atoms with Gasteiger partial charge in [-0.1, -0.05) is 0 Å². The molecule has 4 nitrogen and oxygen atoms in total. The van der Waals surface area contributed by atoms with Crippen LogP contribution in [0.5, 0.6) is 0 Å². The van der Waals surface area contributed by atoms with E-state index in [1.165, 1.54) is 0 Å². The van der Waals surface area contributed by atoms with Gasteiger partial charge in [0.05, 0.1) is 0 Å². The van der Waals surface area contributed by atoms with E-state index in [2.05, 4.69) is 15.0 Å². The molecule has 2 aromatic heterocycles. The molecule has 4 heteroatoms. The zero-order valence-corrected chi connectivity index (χ0v) is 9.65. The normalized spacial score (nSPS) is 10.4. The van der Waals surface area contributed by atoms with Crippen molar-refractivity contribution >= 4 is 5.82 Å². The number of aromatic nitrogens is 3. The van der Waals surface area contributed by atoms with Gasteiger partial charge in [0, 0.05) is 29.2 Å². The fraction of sp³-hybridized carbons (Fsp3) is 0.250. The van der Waals surface area contributed by atoms with E-state index in [0.29, 0.717) is 11.6 Å². The SMILES string of the molecule is Cc1ccncc1-c1nc(C)c(C)c(N)n1. The highest BCUT2D eigenvalue weighted by Crippen LogP contribution is 2.21. The number of anilines is 1. The quantitative estimate of drug-likeness (QED) is 0.789. The second kappa shape index (κ2) is 3.89. The van der Waals surface area contributed by atoms with Gasteiger partial charge in [-0.3, -0.25) is 4.98 Å². The van der Waals surface area contributed by atoms with Crippen molar-refractivity contribution < 1.29 is 0 Å². The highest BCUT2D eigenvalue weighted by molar-refractivity contribution is 5.61. The monoisotopic (exact) mass is 214 g/mol. The summed E-state index contributed by atoms with van der Waals surface area (Å²) >= 11 is 0. The summed E-state index contributed by atoms with van der Waals surface area (Å²) in [6, 6.07) is 1.93. The fourth-order valence-electron chi connectivity index (χ4n) is 1.47. The maximum atomic E-state index is 5.84. The molecule has 0 amide bonds. The van der Waals surface area contributed by atoms with Gasteiger partial charge in [0.25, 0.3) is 0 Å². The topological polar surface area (TPSA) is 64.7 Å². The molecule has 0 aliphatic carbocycles. The smallest absolute Gasteiger partial charge is 0.163 e. The second-order valence-corrected chi connectivity index (χ2v) is 3.83. The maximum Gasteiger partial charge on any atom is 0.163 e. The molecule has 0 aromatic carbocycles. The summed E-state index contributed by atoms with van der Waals surface area (Å²) < 4.78 is 0. The van der Waals surface area contributed by atoms with Gasteiger partial charge in [-0.15, -0.1) is 0 Å². The highest BCUT2D eigenvalue weighted by atomic mass is 15.0. The van der Waals surface area contributed by atoms with E-state index in [-0.39, 0.29) is 0 Å². The average molecular weight is 214 g/mol. The molecule has 16 heavy (non-hydrogen) atoms. The zero-order valence-electron chi connectivity index (χ0n) is 9.65. The van der Waals surface area contributed by atoms with E-state index in [1.807, 2.05) is 26.8 Å². The molecule has 0 saturated carbocycles. The van der Waals surface area contributed by atoms with Crippen LogP contribution >= 0.6 is 0 Å². The molecular weight excluding hydrogens is 200 g/mol. The van der Waals surface area contributed by atoms with Crippen LogP contribution in [0.1, 0.15) is 16.8 Å². The lowest BCUT2D eigenvalue weighted by Gasteiger charge is -2.08. The van der Waals surface area contributed by atoms with E-state index < -0.39 is 0 Å². The Kier molecular flexibility index (Phi) is 2.56. The standard InChI is InChI=1S/C12H14N4/c1-7-4-5-14-6-10(7)12-15-9(3)8(2)11(13)16-12/h4-6H,1-3H3,(H2,13,15,16).